The summed E-state index contributed by atoms with van der Waals surface area (Å²) < 4.78 is 40.2. The van der Waals surface area contributed by atoms with Gasteiger partial charge < -0.3 is 9.88 Å². The molecule has 3 rings (SSSR count). The lowest BCUT2D eigenvalue weighted by molar-refractivity contribution is -0.137. The van der Waals surface area contributed by atoms with E-state index in [0.717, 1.165) is 6.07 Å². The van der Waals surface area contributed by atoms with Gasteiger partial charge in [-0.15, -0.1) is 0 Å². The van der Waals surface area contributed by atoms with E-state index in [1.165, 1.54) is 13.3 Å². The van der Waals surface area contributed by atoms with Crippen LogP contribution in [0, 0.1) is 0 Å². The zero-order valence-electron chi connectivity index (χ0n) is 13.9. The standard InChI is InChI=1S/C17H13Cl2F3N4O/c1-9(27)25-14(15-12(19)5-10(6-23-15)17(20,21)22)7-26-8-24-13-4-2-3-11(18)16(13)26/h2-6,8,14H,7H2,1H3,(H,25,27). The molecule has 10 heteroatoms. The van der Waals surface area contributed by atoms with Crippen LogP contribution in [0.1, 0.15) is 24.2 Å². The lowest BCUT2D eigenvalue weighted by Crippen LogP contribution is -2.30. The summed E-state index contributed by atoms with van der Waals surface area (Å²) in [5.74, 6) is -0.381. The van der Waals surface area contributed by atoms with E-state index in [1.54, 1.807) is 22.8 Å². The minimum Gasteiger partial charge on any atom is -0.346 e. The quantitative estimate of drug-likeness (QED) is 0.673. The number of carbonyl (C=O) groups is 1. The third kappa shape index (κ3) is 4.17. The summed E-state index contributed by atoms with van der Waals surface area (Å²) >= 11 is 12.3. The Bertz CT molecular complexity index is 1000. The van der Waals surface area contributed by atoms with Crippen LogP contribution in [0.25, 0.3) is 11.0 Å². The zero-order chi connectivity index (χ0) is 19.8. The van der Waals surface area contributed by atoms with Gasteiger partial charge in [-0.1, -0.05) is 29.3 Å². The SMILES string of the molecule is CC(=O)NC(Cn1cnc2cccc(Cl)c21)c1ncc(C(F)(F)F)cc1Cl. The van der Waals surface area contributed by atoms with Crippen LogP contribution in [0.15, 0.2) is 36.8 Å². The average Bonchev–Trinajstić information content (AvgIpc) is 2.97. The number of rotatable bonds is 4. The summed E-state index contributed by atoms with van der Waals surface area (Å²) in [6.07, 6.45) is -2.34. The van der Waals surface area contributed by atoms with Crippen molar-refractivity contribution in [3.8, 4) is 0 Å². The van der Waals surface area contributed by atoms with E-state index in [4.69, 9.17) is 23.2 Å². The van der Waals surface area contributed by atoms with Crippen molar-refractivity contribution in [2.45, 2.75) is 25.7 Å². The number of carbonyl (C=O) groups excluding carboxylic acids is 1. The summed E-state index contributed by atoms with van der Waals surface area (Å²) in [7, 11) is 0. The molecular formula is C17H13Cl2F3N4O. The van der Waals surface area contributed by atoms with Gasteiger partial charge in [-0.2, -0.15) is 13.2 Å². The van der Waals surface area contributed by atoms with Crippen LogP contribution in [-0.2, 0) is 17.5 Å². The Hall–Kier alpha value is -2.32. The average molecular weight is 417 g/mol. The highest BCUT2D eigenvalue weighted by Crippen LogP contribution is 2.33. The van der Waals surface area contributed by atoms with Gasteiger partial charge in [-0.3, -0.25) is 9.78 Å². The lowest BCUT2D eigenvalue weighted by atomic mass is 10.1. The first kappa shape index (κ1) is 19.4. The minimum absolute atomic E-state index is 0.119. The molecule has 0 radical (unpaired) electrons. The predicted octanol–water partition coefficient (Wildman–Crippen LogP) is 4.63. The number of hydrogen-bond donors (Lipinski definition) is 1. The highest BCUT2D eigenvalue weighted by atomic mass is 35.5. The predicted molar refractivity (Wildman–Crippen MR) is 95.5 cm³/mol. The van der Waals surface area contributed by atoms with Gasteiger partial charge in [0.2, 0.25) is 5.91 Å². The number of alkyl halides is 3. The highest BCUT2D eigenvalue weighted by molar-refractivity contribution is 6.35. The second-order valence-corrected chi connectivity index (χ2v) is 6.66. The van der Waals surface area contributed by atoms with Gasteiger partial charge >= 0.3 is 6.18 Å². The molecule has 2 aromatic heterocycles. The first-order valence-corrected chi connectivity index (χ1v) is 8.51. The topological polar surface area (TPSA) is 59.8 Å². The van der Waals surface area contributed by atoms with Crippen molar-refractivity contribution < 1.29 is 18.0 Å². The Morgan fingerprint density at radius 1 is 1.26 bits per heavy atom. The molecule has 142 valence electrons. The molecule has 1 N–H and O–H groups in total. The fourth-order valence-electron chi connectivity index (χ4n) is 2.72. The molecule has 1 unspecified atom stereocenters. The Kier molecular flexibility index (Phi) is 5.30. The molecule has 5 nitrogen and oxygen atoms in total. The second-order valence-electron chi connectivity index (χ2n) is 5.85. The lowest BCUT2D eigenvalue weighted by Gasteiger charge is -2.20. The fourth-order valence-corrected chi connectivity index (χ4v) is 3.30. The molecule has 1 amide bonds. The smallest absolute Gasteiger partial charge is 0.346 e. The van der Waals surface area contributed by atoms with E-state index in [1.807, 2.05) is 0 Å². The molecule has 0 aliphatic heterocycles. The van der Waals surface area contributed by atoms with Crippen molar-refractivity contribution in [3.63, 3.8) is 0 Å². The summed E-state index contributed by atoms with van der Waals surface area (Å²) in [6.45, 7) is 1.43. The van der Waals surface area contributed by atoms with Crippen LogP contribution in [0.3, 0.4) is 0 Å². The van der Waals surface area contributed by atoms with Crippen LogP contribution in [-0.4, -0.2) is 20.4 Å². The van der Waals surface area contributed by atoms with Gasteiger partial charge in [0, 0.05) is 13.1 Å². The van der Waals surface area contributed by atoms with E-state index in [9.17, 15) is 18.0 Å². The molecule has 1 aromatic carbocycles. The molecule has 0 saturated heterocycles. The number of nitrogens with one attached hydrogen (secondary N) is 1. The van der Waals surface area contributed by atoms with Gasteiger partial charge in [0.25, 0.3) is 0 Å². The van der Waals surface area contributed by atoms with E-state index in [2.05, 4.69) is 15.3 Å². The van der Waals surface area contributed by atoms with Crippen molar-refractivity contribution in [1.82, 2.24) is 19.9 Å². The number of nitrogens with zero attached hydrogens (tertiary/aromatic N) is 3. The number of halogens is 5. The third-order valence-electron chi connectivity index (χ3n) is 3.87. The van der Waals surface area contributed by atoms with Crippen LogP contribution in [0.2, 0.25) is 10.0 Å². The number of fused-ring (bicyclic) bond motifs is 1. The maximum absolute atomic E-state index is 12.8. The maximum atomic E-state index is 12.8. The molecule has 1 atom stereocenters. The minimum atomic E-state index is -4.56. The van der Waals surface area contributed by atoms with Crippen molar-refractivity contribution in [2.24, 2.45) is 0 Å². The molecule has 2 heterocycles. The van der Waals surface area contributed by atoms with Gasteiger partial charge in [-0.05, 0) is 18.2 Å². The first-order chi connectivity index (χ1) is 12.7. The van der Waals surface area contributed by atoms with E-state index >= 15 is 0 Å². The molecule has 0 aliphatic carbocycles. The Morgan fingerprint density at radius 3 is 2.63 bits per heavy atom. The Labute approximate surface area is 162 Å². The van der Waals surface area contributed by atoms with E-state index < -0.39 is 17.8 Å². The van der Waals surface area contributed by atoms with E-state index in [-0.39, 0.29) is 23.2 Å². The van der Waals surface area contributed by atoms with Crippen LogP contribution >= 0.6 is 23.2 Å². The number of hydrogen-bond acceptors (Lipinski definition) is 3. The molecule has 3 aromatic rings. The van der Waals surface area contributed by atoms with Crippen molar-refractivity contribution >= 4 is 40.1 Å². The van der Waals surface area contributed by atoms with E-state index in [0.29, 0.717) is 22.3 Å². The number of aromatic nitrogens is 3. The second kappa shape index (κ2) is 7.36. The molecule has 0 spiro atoms. The molecule has 0 saturated carbocycles. The van der Waals surface area contributed by atoms with Crippen molar-refractivity contribution in [3.05, 3.63) is 58.1 Å². The molecule has 0 bridgehead atoms. The Balaban J connectivity index is 2.01. The number of para-hydroxylation sites is 1. The van der Waals surface area contributed by atoms with Crippen molar-refractivity contribution in [2.75, 3.05) is 0 Å². The van der Waals surface area contributed by atoms with Crippen LogP contribution in [0.4, 0.5) is 13.2 Å². The summed E-state index contributed by atoms with van der Waals surface area (Å²) in [6, 6.07) is 5.23. The van der Waals surface area contributed by atoms with Gasteiger partial charge in [0.1, 0.15) is 0 Å². The van der Waals surface area contributed by atoms with Gasteiger partial charge in [0.15, 0.2) is 0 Å². The maximum Gasteiger partial charge on any atom is 0.417 e. The molecule has 27 heavy (non-hydrogen) atoms. The highest BCUT2D eigenvalue weighted by Gasteiger charge is 2.32. The largest absolute Gasteiger partial charge is 0.417 e. The molecule has 0 aliphatic rings. The summed E-state index contributed by atoms with van der Waals surface area (Å²) in [5.41, 5.74) is 0.441. The number of pyridine rings is 1. The molecular weight excluding hydrogens is 404 g/mol. The number of imidazole rings is 1. The third-order valence-corrected chi connectivity index (χ3v) is 4.48. The van der Waals surface area contributed by atoms with Crippen LogP contribution < -0.4 is 5.32 Å². The normalized spacial score (nSPS) is 13.0. The summed E-state index contributed by atoms with van der Waals surface area (Å²) in [5, 5.41) is 2.92. The fraction of sp³-hybridized carbons (Fsp3) is 0.235. The molecule has 0 fully saturated rings. The first-order valence-electron chi connectivity index (χ1n) is 7.76. The zero-order valence-corrected chi connectivity index (χ0v) is 15.4. The Morgan fingerprint density at radius 2 is 2.00 bits per heavy atom. The summed E-state index contributed by atoms with van der Waals surface area (Å²) in [4.78, 5) is 19.7. The monoisotopic (exact) mass is 416 g/mol. The van der Waals surface area contributed by atoms with Crippen molar-refractivity contribution in [1.29, 1.82) is 0 Å². The number of amides is 1. The van der Waals surface area contributed by atoms with Crippen LogP contribution in [0.5, 0.6) is 0 Å². The van der Waals surface area contributed by atoms with Gasteiger partial charge in [0.05, 0.1) is 51.2 Å². The van der Waals surface area contributed by atoms with Gasteiger partial charge in [-0.25, -0.2) is 4.98 Å². The number of benzene rings is 1.